The van der Waals surface area contributed by atoms with Crippen LogP contribution < -0.4 is 20.7 Å². The molecule has 110 valence electrons. The van der Waals surface area contributed by atoms with Crippen molar-refractivity contribution in [2.45, 2.75) is 32.4 Å². The standard InChI is InChI=1S/C15H23N3O2/c1-11(2)17-12(15(16)19)10-18-8-5-9-20-14-7-4-3-6-13(14)18/h3-4,6-7,11-12,17H,5,8-10H2,1-2H3,(H2,16,19). The Morgan fingerprint density at radius 1 is 1.45 bits per heavy atom. The van der Waals surface area contributed by atoms with Crippen molar-refractivity contribution in [3.63, 3.8) is 0 Å². The number of carbonyl (C=O) groups is 1. The average Bonchev–Trinajstić information content (AvgIpc) is 2.60. The Morgan fingerprint density at radius 3 is 2.90 bits per heavy atom. The molecule has 0 radical (unpaired) electrons. The summed E-state index contributed by atoms with van der Waals surface area (Å²) in [4.78, 5) is 13.8. The SMILES string of the molecule is CC(C)NC(CN1CCCOc2ccccc21)C(N)=O. The van der Waals surface area contributed by atoms with Crippen molar-refractivity contribution in [3.8, 4) is 5.75 Å². The molecule has 5 heteroatoms. The van der Waals surface area contributed by atoms with E-state index in [9.17, 15) is 4.79 Å². The number of amides is 1. The second-order valence-corrected chi connectivity index (χ2v) is 5.39. The molecule has 1 aliphatic rings. The fourth-order valence-electron chi connectivity index (χ4n) is 2.44. The number of anilines is 1. The third-order valence-electron chi connectivity index (χ3n) is 3.32. The smallest absolute Gasteiger partial charge is 0.236 e. The summed E-state index contributed by atoms with van der Waals surface area (Å²) in [6.07, 6.45) is 0.932. The molecule has 1 atom stereocenters. The number of rotatable bonds is 5. The molecule has 1 heterocycles. The van der Waals surface area contributed by atoms with Crippen molar-refractivity contribution >= 4 is 11.6 Å². The van der Waals surface area contributed by atoms with Crippen LogP contribution in [0.25, 0.3) is 0 Å². The van der Waals surface area contributed by atoms with Gasteiger partial charge in [-0.2, -0.15) is 0 Å². The quantitative estimate of drug-likeness (QED) is 0.846. The van der Waals surface area contributed by atoms with Gasteiger partial charge in [0.15, 0.2) is 0 Å². The number of benzene rings is 1. The fraction of sp³-hybridized carbons (Fsp3) is 0.533. The van der Waals surface area contributed by atoms with Gasteiger partial charge in [-0.15, -0.1) is 0 Å². The Hall–Kier alpha value is -1.75. The van der Waals surface area contributed by atoms with Crippen LogP contribution in [0.2, 0.25) is 0 Å². The number of ether oxygens (including phenoxy) is 1. The molecule has 1 unspecified atom stereocenters. The highest BCUT2D eigenvalue weighted by atomic mass is 16.5. The molecular weight excluding hydrogens is 254 g/mol. The van der Waals surface area contributed by atoms with Crippen LogP contribution in [0.4, 0.5) is 5.69 Å². The molecule has 0 spiro atoms. The fourth-order valence-corrected chi connectivity index (χ4v) is 2.44. The van der Waals surface area contributed by atoms with E-state index in [0.717, 1.165) is 24.4 Å². The van der Waals surface area contributed by atoms with Gasteiger partial charge in [-0.3, -0.25) is 4.79 Å². The highest BCUT2D eigenvalue weighted by Crippen LogP contribution is 2.30. The van der Waals surface area contributed by atoms with E-state index in [1.54, 1.807) is 0 Å². The third kappa shape index (κ3) is 3.63. The lowest BCUT2D eigenvalue weighted by Crippen LogP contribution is -2.51. The molecule has 5 nitrogen and oxygen atoms in total. The van der Waals surface area contributed by atoms with E-state index < -0.39 is 0 Å². The molecule has 1 amide bonds. The molecule has 0 saturated carbocycles. The van der Waals surface area contributed by atoms with Crippen molar-refractivity contribution in [1.29, 1.82) is 0 Å². The predicted octanol–water partition coefficient (Wildman–Crippen LogP) is 1.13. The molecule has 0 aromatic heterocycles. The minimum atomic E-state index is -0.360. The highest BCUT2D eigenvalue weighted by molar-refractivity contribution is 5.81. The maximum absolute atomic E-state index is 11.6. The van der Waals surface area contributed by atoms with Crippen LogP contribution in [0.1, 0.15) is 20.3 Å². The summed E-state index contributed by atoms with van der Waals surface area (Å²) in [6, 6.07) is 7.78. The topological polar surface area (TPSA) is 67.6 Å². The molecular formula is C15H23N3O2. The Labute approximate surface area is 120 Å². The molecule has 0 bridgehead atoms. The number of hydrogen-bond donors (Lipinski definition) is 2. The first-order valence-electron chi connectivity index (χ1n) is 7.10. The lowest BCUT2D eigenvalue weighted by atomic mass is 10.2. The maximum Gasteiger partial charge on any atom is 0.236 e. The number of hydrogen-bond acceptors (Lipinski definition) is 4. The van der Waals surface area contributed by atoms with Gasteiger partial charge in [-0.25, -0.2) is 0 Å². The van der Waals surface area contributed by atoms with Crippen LogP contribution in [0, 0.1) is 0 Å². The molecule has 20 heavy (non-hydrogen) atoms. The summed E-state index contributed by atoms with van der Waals surface area (Å²) in [7, 11) is 0. The van der Waals surface area contributed by atoms with Crippen molar-refractivity contribution in [2.75, 3.05) is 24.6 Å². The third-order valence-corrected chi connectivity index (χ3v) is 3.32. The van der Waals surface area contributed by atoms with Crippen LogP contribution in [-0.2, 0) is 4.79 Å². The molecule has 0 fully saturated rings. The number of nitrogens with zero attached hydrogens (tertiary/aromatic N) is 1. The Kier molecular flexibility index (Phi) is 4.84. The van der Waals surface area contributed by atoms with Crippen LogP contribution >= 0.6 is 0 Å². The zero-order valence-corrected chi connectivity index (χ0v) is 12.1. The highest BCUT2D eigenvalue weighted by Gasteiger charge is 2.23. The van der Waals surface area contributed by atoms with E-state index in [1.807, 2.05) is 38.1 Å². The minimum absolute atomic E-state index is 0.214. The van der Waals surface area contributed by atoms with Gasteiger partial charge in [0.2, 0.25) is 5.91 Å². The van der Waals surface area contributed by atoms with E-state index in [2.05, 4.69) is 10.2 Å². The Morgan fingerprint density at radius 2 is 2.20 bits per heavy atom. The van der Waals surface area contributed by atoms with E-state index in [4.69, 9.17) is 10.5 Å². The molecule has 1 aliphatic heterocycles. The van der Waals surface area contributed by atoms with E-state index in [1.165, 1.54) is 0 Å². The zero-order valence-electron chi connectivity index (χ0n) is 12.1. The second-order valence-electron chi connectivity index (χ2n) is 5.39. The Bertz CT molecular complexity index is 462. The van der Waals surface area contributed by atoms with Crippen LogP contribution in [-0.4, -0.2) is 37.7 Å². The van der Waals surface area contributed by atoms with Gasteiger partial charge in [-0.05, 0) is 18.6 Å². The summed E-state index contributed by atoms with van der Waals surface area (Å²) in [5.41, 5.74) is 6.53. The summed E-state index contributed by atoms with van der Waals surface area (Å²) in [6.45, 7) is 6.14. The monoisotopic (exact) mass is 277 g/mol. The minimum Gasteiger partial charge on any atom is -0.491 e. The van der Waals surface area contributed by atoms with Gasteiger partial charge >= 0.3 is 0 Å². The van der Waals surface area contributed by atoms with Crippen molar-refractivity contribution in [2.24, 2.45) is 5.73 Å². The van der Waals surface area contributed by atoms with Gasteiger partial charge in [0.05, 0.1) is 12.3 Å². The maximum atomic E-state index is 11.6. The van der Waals surface area contributed by atoms with E-state index >= 15 is 0 Å². The largest absolute Gasteiger partial charge is 0.491 e. The number of carbonyl (C=O) groups excluding carboxylic acids is 1. The normalized spacial score (nSPS) is 16.2. The van der Waals surface area contributed by atoms with Crippen molar-refractivity contribution in [1.82, 2.24) is 5.32 Å². The van der Waals surface area contributed by atoms with Gasteiger partial charge in [0.25, 0.3) is 0 Å². The first-order chi connectivity index (χ1) is 9.58. The van der Waals surface area contributed by atoms with Gasteiger partial charge in [0, 0.05) is 19.1 Å². The lowest BCUT2D eigenvalue weighted by molar-refractivity contribution is -0.119. The zero-order chi connectivity index (χ0) is 14.5. The average molecular weight is 277 g/mol. The molecule has 0 aliphatic carbocycles. The summed E-state index contributed by atoms with van der Waals surface area (Å²) >= 11 is 0. The Balaban J connectivity index is 2.16. The van der Waals surface area contributed by atoms with Crippen molar-refractivity contribution in [3.05, 3.63) is 24.3 Å². The summed E-state index contributed by atoms with van der Waals surface area (Å²) < 4.78 is 5.72. The van der Waals surface area contributed by atoms with Crippen LogP contribution in [0.15, 0.2) is 24.3 Å². The number of para-hydroxylation sites is 2. The van der Waals surface area contributed by atoms with Gasteiger partial charge in [-0.1, -0.05) is 26.0 Å². The molecule has 1 aromatic carbocycles. The summed E-state index contributed by atoms with van der Waals surface area (Å²) in [5, 5.41) is 3.22. The molecule has 0 saturated heterocycles. The molecule has 2 rings (SSSR count). The number of nitrogens with one attached hydrogen (secondary N) is 1. The number of fused-ring (bicyclic) bond motifs is 1. The second kappa shape index (κ2) is 6.61. The first-order valence-corrected chi connectivity index (χ1v) is 7.10. The van der Waals surface area contributed by atoms with Crippen LogP contribution in [0.3, 0.4) is 0 Å². The van der Waals surface area contributed by atoms with Crippen LogP contribution in [0.5, 0.6) is 5.75 Å². The van der Waals surface area contributed by atoms with E-state index in [-0.39, 0.29) is 18.0 Å². The number of primary amides is 1. The van der Waals surface area contributed by atoms with E-state index in [0.29, 0.717) is 13.2 Å². The van der Waals surface area contributed by atoms with Gasteiger partial charge < -0.3 is 20.7 Å². The predicted molar refractivity (Wildman–Crippen MR) is 80.0 cm³/mol. The van der Waals surface area contributed by atoms with Gasteiger partial charge in [0.1, 0.15) is 11.8 Å². The molecule has 1 aromatic rings. The lowest BCUT2D eigenvalue weighted by Gasteiger charge is -2.28. The van der Waals surface area contributed by atoms with Crippen molar-refractivity contribution < 1.29 is 9.53 Å². The molecule has 3 N–H and O–H groups in total. The summed E-state index contributed by atoms with van der Waals surface area (Å²) in [5.74, 6) is 0.555. The first kappa shape index (κ1) is 14.7. The number of nitrogens with two attached hydrogens (primary N) is 1.